The molecule has 0 radical (unpaired) electrons. The van der Waals surface area contributed by atoms with Crippen LogP contribution in [0.15, 0.2) is 77.5 Å². The summed E-state index contributed by atoms with van der Waals surface area (Å²) < 4.78 is 33.0. The Morgan fingerprint density at radius 2 is 1.72 bits per heavy atom. The molecule has 0 saturated heterocycles. The molecule has 0 aliphatic heterocycles. The van der Waals surface area contributed by atoms with Crippen LogP contribution >= 0.6 is 0 Å². The molecule has 144 valence electrons. The highest BCUT2D eigenvalue weighted by Crippen LogP contribution is 2.29. The molecule has 6 heteroatoms. The number of carbonyl (C=O) groups excluding carboxylic acids is 1. The van der Waals surface area contributed by atoms with E-state index in [0.29, 0.717) is 0 Å². The number of aryl methyl sites for hydroxylation is 1. The van der Waals surface area contributed by atoms with Crippen molar-refractivity contribution in [1.29, 1.82) is 0 Å². The molecule has 0 unspecified atom stereocenters. The predicted molar refractivity (Wildman–Crippen MR) is 106 cm³/mol. The lowest BCUT2D eigenvalue weighted by Gasteiger charge is -2.10. The van der Waals surface area contributed by atoms with E-state index in [1.807, 2.05) is 37.3 Å². The van der Waals surface area contributed by atoms with Crippen LogP contribution in [0.4, 0.5) is 14.6 Å². The number of carbonyl (C=O) groups is 1. The number of benzene rings is 2. The van der Waals surface area contributed by atoms with Crippen LogP contribution in [-0.4, -0.2) is 10.9 Å². The second-order valence-corrected chi connectivity index (χ2v) is 6.49. The summed E-state index contributed by atoms with van der Waals surface area (Å²) >= 11 is 0. The second kappa shape index (κ2) is 7.67. The molecular weight excluding hydrogens is 374 g/mol. The molecule has 0 bridgehead atoms. The lowest BCUT2D eigenvalue weighted by molar-refractivity contribution is 0.101. The minimum absolute atomic E-state index is 0.196. The van der Waals surface area contributed by atoms with Crippen molar-refractivity contribution in [3.8, 4) is 22.5 Å². The summed E-state index contributed by atoms with van der Waals surface area (Å²) in [6.07, 6.45) is 3.22. The summed E-state index contributed by atoms with van der Waals surface area (Å²) in [6.45, 7) is 1.98. The van der Waals surface area contributed by atoms with Gasteiger partial charge in [0.1, 0.15) is 28.8 Å². The van der Waals surface area contributed by atoms with E-state index in [1.165, 1.54) is 6.07 Å². The molecule has 0 aliphatic carbocycles. The van der Waals surface area contributed by atoms with Gasteiger partial charge in [-0.3, -0.25) is 4.79 Å². The first kappa shape index (κ1) is 18.6. The Morgan fingerprint density at radius 1 is 0.966 bits per heavy atom. The molecule has 4 nitrogen and oxygen atoms in total. The van der Waals surface area contributed by atoms with Gasteiger partial charge in [0.15, 0.2) is 0 Å². The molecule has 0 spiro atoms. The third kappa shape index (κ3) is 3.78. The van der Waals surface area contributed by atoms with Crippen molar-refractivity contribution in [1.82, 2.24) is 4.98 Å². The van der Waals surface area contributed by atoms with Crippen LogP contribution < -0.4 is 5.32 Å². The average Bonchev–Trinajstić information content (AvgIpc) is 3.24. The SMILES string of the molecule is Cc1ccc(-c2ccco2)cc1-c1ccc(NC(=O)c2c(F)cccc2F)nc1. The van der Waals surface area contributed by atoms with Crippen LogP contribution in [0, 0.1) is 18.6 Å². The van der Waals surface area contributed by atoms with Crippen molar-refractivity contribution >= 4 is 11.7 Å². The quantitative estimate of drug-likeness (QED) is 0.476. The molecule has 1 N–H and O–H groups in total. The van der Waals surface area contributed by atoms with E-state index in [2.05, 4.69) is 10.3 Å². The Kier molecular flexibility index (Phi) is 4.91. The van der Waals surface area contributed by atoms with Crippen LogP contribution in [0.2, 0.25) is 0 Å². The first-order valence-corrected chi connectivity index (χ1v) is 8.89. The third-order valence-electron chi connectivity index (χ3n) is 4.55. The monoisotopic (exact) mass is 390 g/mol. The Bertz CT molecular complexity index is 1150. The van der Waals surface area contributed by atoms with Gasteiger partial charge in [-0.25, -0.2) is 13.8 Å². The van der Waals surface area contributed by atoms with E-state index < -0.39 is 23.1 Å². The van der Waals surface area contributed by atoms with Crippen molar-refractivity contribution in [2.75, 3.05) is 5.32 Å². The molecule has 2 heterocycles. The summed E-state index contributed by atoms with van der Waals surface area (Å²) in [7, 11) is 0. The maximum absolute atomic E-state index is 13.8. The summed E-state index contributed by atoms with van der Waals surface area (Å²) in [5.41, 5.74) is 3.14. The van der Waals surface area contributed by atoms with Gasteiger partial charge < -0.3 is 9.73 Å². The number of nitrogens with one attached hydrogen (secondary N) is 1. The molecule has 0 saturated carbocycles. The molecule has 0 atom stereocenters. The van der Waals surface area contributed by atoms with E-state index in [4.69, 9.17) is 4.42 Å². The lowest BCUT2D eigenvalue weighted by Crippen LogP contribution is -2.16. The molecule has 0 fully saturated rings. The summed E-state index contributed by atoms with van der Waals surface area (Å²) in [4.78, 5) is 16.4. The molecule has 1 amide bonds. The van der Waals surface area contributed by atoms with E-state index in [9.17, 15) is 13.6 Å². The number of nitrogens with zero attached hydrogens (tertiary/aromatic N) is 1. The van der Waals surface area contributed by atoms with Gasteiger partial charge in [-0.1, -0.05) is 18.2 Å². The zero-order chi connectivity index (χ0) is 20.4. The fourth-order valence-electron chi connectivity index (χ4n) is 3.05. The standard InChI is InChI=1S/C23H16F2N2O2/c1-14-7-8-15(20-6-3-11-29-20)12-17(14)16-9-10-21(26-13-16)27-23(28)22-18(24)4-2-5-19(22)25/h2-13H,1H3,(H,26,27,28). The molecule has 4 aromatic rings. The smallest absolute Gasteiger partial charge is 0.262 e. The molecule has 29 heavy (non-hydrogen) atoms. The van der Waals surface area contributed by atoms with Gasteiger partial charge in [0, 0.05) is 17.3 Å². The lowest BCUT2D eigenvalue weighted by atomic mass is 9.98. The first-order chi connectivity index (χ1) is 14.0. The van der Waals surface area contributed by atoms with E-state index in [-0.39, 0.29) is 5.82 Å². The van der Waals surface area contributed by atoms with Gasteiger partial charge >= 0.3 is 0 Å². The number of furan rings is 1. The van der Waals surface area contributed by atoms with Gasteiger partial charge in [-0.05, 0) is 60.5 Å². The average molecular weight is 390 g/mol. The molecule has 2 aromatic heterocycles. The van der Waals surface area contributed by atoms with E-state index in [1.54, 1.807) is 24.6 Å². The van der Waals surface area contributed by atoms with Crippen molar-refractivity contribution in [2.45, 2.75) is 6.92 Å². The maximum Gasteiger partial charge on any atom is 0.262 e. The van der Waals surface area contributed by atoms with Crippen LogP contribution in [0.3, 0.4) is 0 Å². The van der Waals surface area contributed by atoms with Gasteiger partial charge in [-0.2, -0.15) is 0 Å². The summed E-state index contributed by atoms with van der Waals surface area (Å²) in [5.74, 6) is -1.79. The van der Waals surface area contributed by atoms with Gasteiger partial charge in [0.05, 0.1) is 6.26 Å². The highest BCUT2D eigenvalue weighted by Gasteiger charge is 2.17. The molecule has 0 aliphatic rings. The minimum Gasteiger partial charge on any atom is -0.464 e. The first-order valence-electron chi connectivity index (χ1n) is 8.89. The Morgan fingerprint density at radius 3 is 2.38 bits per heavy atom. The number of halogens is 2. The van der Waals surface area contributed by atoms with Crippen LogP contribution in [0.25, 0.3) is 22.5 Å². The Hall–Kier alpha value is -3.80. The highest BCUT2D eigenvalue weighted by molar-refractivity contribution is 6.04. The zero-order valence-electron chi connectivity index (χ0n) is 15.4. The topological polar surface area (TPSA) is 55.1 Å². The summed E-state index contributed by atoms with van der Waals surface area (Å²) in [5, 5.41) is 2.42. The van der Waals surface area contributed by atoms with E-state index >= 15 is 0 Å². The van der Waals surface area contributed by atoms with Gasteiger partial charge in [0.25, 0.3) is 5.91 Å². The Balaban J connectivity index is 1.59. The predicted octanol–water partition coefficient (Wildman–Crippen LogP) is 5.85. The minimum atomic E-state index is -0.926. The highest BCUT2D eigenvalue weighted by atomic mass is 19.1. The van der Waals surface area contributed by atoms with Crippen molar-refractivity contribution in [3.63, 3.8) is 0 Å². The fourth-order valence-corrected chi connectivity index (χ4v) is 3.05. The summed E-state index contributed by atoms with van der Waals surface area (Å²) in [6, 6.07) is 16.3. The zero-order valence-corrected chi connectivity index (χ0v) is 15.4. The van der Waals surface area contributed by atoms with Gasteiger partial charge in [0.2, 0.25) is 0 Å². The normalized spacial score (nSPS) is 10.7. The number of pyridine rings is 1. The Labute approximate surface area is 165 Å². The van der Waals surface area contributed by atoms with E-state index in [0.717, 1.165) is 40.1 Å². The molecule has 2 aromatic carbocycles. The number of anilines is 1. The third-order valence-corrected chi connectivity index (χ3v) is 4.55. The van der Waals surface area contributed by atoms with Crippen LogP contribution in [-0.2, 0) is 0 Å². The van der Waals surface area contributed by atoms with Crippen molar-refractivity contribution in [3.05, 3.63) is 95.9 Å². The number of aromatic nitrogens is 1. The number of hydrogen-bond acceptors (Lipinski definition) is 3. The molecular formula is C23H16F2N2O2. The second-order valence-electron chi connectivity index (χ2n) is 6.49. The maximum atomic E-state index is 13.8. The fraction of sp³-hybridized carbons (Fsp3) is 0.0435. The van der Waals surface area contributed by atoms with Crippen LogP contribution in [0.5, 0.6) is 0 Å². The largest absolute Gasteiger partial charge is 0.464 e. The van der Waals surface area contributed by atoms with Crippen molar-refractivity contribution in [2.24, 2.45) is 0 Å². The number of amides is 1. The molecule has 4 rings (SSSR count). The van der Waals surface area contributed by atoms with Crippen LogP contribution in [0.1, 0.15) is 15.9 Å². The number of rotatable bonds is 4. The van der Waals surface area contributed by atoms with Crippen molar-refractivity contribution < 1.29 is 18.0 Å². The number of hydrogen-bond donors (Lipinski definition) is 1. The van der Waals surface area contributed by atoms with Gasteiger partial charge in [-0.15, -0.1) is 0 Å².